The third-order valence-corrected chi connectivity index (χ3v) is 5.47. The average molecular weight is 463 g/mol. The van der Waals surface area contributed by atoms with E-state index in [-0.39, 0.29) is 5.56 Å². The number of urea groups is 1. The number of carbonyl (C=O) groups excluding carboxylic acids is 1. The summed E-state index contributed by atoms with van der Waals surface area (Å²) in [6.45, 7) is 0. The topological polar surface area (TPSA) is 115 Å². The molecule has 5 aromatic rings. The van der Waals surface area contributed by atoms with Crippen LogP contribution >= 0.6 is 0 Å². The molecule has 0 fully saturated rings. The van der Waals surface area contributed by atoms with E-state index in [1.54, 1.807) is 60.8 Å². The fourth-order valence-corrected chi connectivity index (χ4v) is 3.83. The largest absolute Gasteiger partial charge is 0.397 e. The molecule has 4 N–H and O–H groups in total. The summed E-state index contributed by atoms with van der Waals surface area (Å²) in [4.78, 5) is 35.1. The Morgan fingerprint density at radius 1 is 0.886 bits per heavy atom. The van der Waals surface area contributed by atoms with Gasteiger partial charge >= 0.3 is 6.03 Å². The average Bonchev–Trinajstić information content (AvgIpc) is 2.87. The molecule has 2 heterocycles. The monoisotopic (exact) mass is 462 g/mol. The molecule has 0 saturated carbocycles. The summed E-state index contributed by atoms with van der Waals surface area (Å²) in [5, 5.41) is 5.52. The van der Waals surface area contributed by atoms with Gasteiger partial charge in [-0.1, -0.05) is 48.5 Å². The number of amides is 2. The standard InChI is InChI=1S/C27H22N6O2/c28-21-12-4-5-13-22(21)32-27(35)30-19-10-6-11-20(17-19)33-25-23(14-7-15-29-25)31-24(26(33)34)16-18-8-2-1-3-9-18/h1-15,17H,16,28H2,(H2,30,32,35). The summed E-state index contributed by atoms with van der Waals surface area (Å²) < 4.78 is 1.53. The molecule has 0 spiro atoms. The van der Waals surface area contributed by atoms with E-state index in [0.717, 1.165) is 5.56 Å². The first-order chi connectivity index (χ1) is 17.1. The van der Waals surface area contributed by atoms with Crippen molar-refractivity contribution in [1.29, 1.82) is 0 Å². The van der Waals surface area contributed by atoms with Crippen molar-refractivity contribution in [3.63, 3.8) is 0 Å². The van der Waals surface area contributed by atoms with Crippen LogP contribution in [0.5, 0.6) is 0 Å². The van der Waals surface area contributed by atoms with E-state index < -0.39 is 6.03 Å². The van der Waals surface area contributed by atoms with Gasteiger partial charge in [0.1, 0.15) is 11.2 Å². The Bertz CT molecular complexity index is 1580. The Labute approximate surface area is 201 Å². The van der Waals surface area contributed by atoms with Gasteiger partial charge < -0.3 is 16.4 Å². The lowest BCUT2D eigenvalue weighted by Gasteiger charge is -2.14. The number of rotatable bonds is 5. The summed E-state index contributed by atoms with van der Waals surface area (Å²) in [5.41, 5.74) is 10.1. The molecule has 0 radical (unpaired) electrons. The first-order valence-corrected chi connectivity index (χ1v) is 11.0. The highest BCUT2D eigenvalue weighted by atomic mass is 16.2. The molecule has 8 heteroatoms. The number of anilines is 3. The van der Waals surface area contributed by atoms with Crippen molar-refractivity contribution < 1.29 is 4.79 Å². The number of nitrogen functional groups attached to an aromatic ring is 1. The summed E-state index contributed by atoms with van der Waals surface area (Å²) >= 11 is 0. The van der Waals surface area contributed by atoms with Gasteiger partial charge in [-0.2, -0.15) is 0 Å². The minimum atomic E-state index is -0.449. The quantitative estimate of drug-likeness (QED) is 0.330. The van der Waals surface area contributed by atoms with E-state index in [2.05, 4.69) is 20.6 Å². The lowest BCUT2D eigenvalue weighted by Crippen LogP contribution is -2.25. The number of hydrogen-bond acceptors (Lipinski definition) is 5. The number of nitrogens with one attached hydrogen (secondary N) is 2. The number of nitrogens with two attached hydrogens (primary N) is 1. The highest BCUT2D eigenvalue weighted by Crippen LogP contribution is 2.20. The number of carbonyl (C=O) groups is 1. The first-order valence-electron chi connectivity index (χ1n) is 11.0. The van der Waals surface area contributed by atoms with Gasteiger partial charge in [-0.15, -0.1) is 0 Å². The Morgan fingerprint density at radius 3 is 2.51 bits per heavy atom. The van der Waals surface area contributed by atoms with E-state index in [1.807, 2.05) is 36.4 Å². The number of nitrogens with zero attached hydrogens (tertiary/aromatic N) is 3. The van der Waals surface area contributed by atoms with Gasteiger partial charge in [0, 0.05) is 18.3 Å². The molecule has 0 bridgehead atoms. The van der Waals surface area contributed by atoms with Crippen LogP contribution in [0.15, 0.2) is 102 Å². The van der Waals surface area contributed by atoms with Gasteiger partial charge in [0.2, 0.25) is 0 Å². The number of para-hydroxylation sites is 2. The van der Waals surface area contributed by atoms with Crippen LogP contribution in [0, 0.1) is 0 Å². The number of pyridine rings is 1. The predicted molar refractivity (Wildman–Crippen MR) is 138 cm³/mol. The number of hydrogen-bond donors (Lipinski definition) is 3. The zero-order chi connectivity index (χ0) is 24.2. The van der Waals surface area contributed by atoms with Gasteiger partial charge in [0.05, 0.1) is 17.1 Å². The Hall–Kier alpha value is -4.98. The molecule has 0 saturated heterocycles. The van der Waals surface area contributed by atoms with Crippen LogP contribution in [0.3, 0.4) is 0 Å². The van der Waals surface area contributed by atoms with Crippen molar-refractivity contribution in [3.05, 3.63) is 119 Å². The van der Waals surface area contributed by atoms with E-state index in [4.69, 9.17) is 5.73 Å². The molecular formula is C27H22N6O2. The molecule has 8 nitrogen and oxygen atoms in total. The van der Waals surface area contributed by atoms with Gasteiger partial charge in [0.15, 0.2) is 5.65 Å². The summed E-state index contributed by atoms with van der Waals surface area (Å²) in [6.07, 6.45) is 2.01. The van der Waals surface area contributed by atoms with Crippen LogP contribution in [-0.2, 0) is 6.42 Å². The fourth-order valence-electron chi connectivity index (χ4n) is 3.83. The van der Waals surface area contributed by atoms with E-state index in [9.17, 15) is 9.59 Å². The molecular weight excluding hydrogens is 440 g/mol. The molecule has 0 atom stereocenters. The minimum Gasteiger partial charge on any atom is -0.397 e. The van der Waals surface area contributed by atoms with Gasteiger partial charge in [-0.05, 0) is 48.0 Å². The lowest BCUT2D eigenvalue weighted by atomic mass is 10.1. The maximum absolute atomic E-state index is 13.5. The van der Waals surface area contributed by atoms with Crippen molar-refractivity contribution in [1.82, 2.24) is 14.5 Å². The lowest BCUT2D eigenvalue weighted by molar-refractivity contribution is 0.262. The fraction of sp³-hybridized carbons (Fsp3) is 0.0370. The van der Waals surface area contributed by atoms with Crippen LogP contribution in [0.25, 0.3) is 16.9 Å². The van der Waals surface area contributed by atoms with Gasteiger partial charge in [-0.25, -0.2) is 14.8 Å². The molecule has 5 rings (SSSR count). The minimum absolute atomic E-state index is 0.265. The van der Waals surface area contributed by atoms with Crippen molar-refractivity contribution in [3.8, 4) is 5.69 Å². The van der Waals surface area contributed by atoms with Crippen LogP contribution in [0.2, 0.25) is 0 Å². The van der Waals surface area contributed by atoms with Crippen molar-refractivity contribution in [2.24, 2.45) is 0 Å². The molecule has 0 aliphatic rings. The second kappa shape index (κ2) is 9.48. The van der Waals surface area contributed by atoms with Gasteiger partial charge in [0.25, 0.3) is 5.56 Å². The molecule has 0 unspecified atom stereocenters. The molecule has 0 aliphatic heterocycles. The van der Waals surface area contributed by atoms with Gasteiger partial charge in [-0.3, -0.25) is 9.36 Å². The molecule has 35 heavy (non-hydrogen) atoms. The predicted octanol–water partition coefficient (Wildman–Crippen LogP) is 4.60. The second-order valence-corrected chi connectivity index (χ2v) is 7.92. The maximum Gasteiger partial charge on any atom is 0.323 e. The SMILES string of the molecule is Nc1ccccc1NC(=O)Nc1cccc(-n2c(=O)c(Cc3ccccc3)nc3cccnc32)c1. The second-order valence-electron chi connectivity index (χ2n) is 7.92. The molecule has 3 aromatic carbocycles. The smallest absolute Gasteiger partial charge is 0.323 e. The summed E-state index contributed by atoms with van der Waals surface area (Å²) in [5.74, 6) is 0. The van der Waals surface area contributed by atoms with E-state index in [0.29, 0.717) is 46.0 Å². The van der Waals surface area contributed by atoms with Crippen LogP contribution in [0.4, 0.5) is 21.9 Å². The number of benzene rings is 3. The van der Waals surface area contributed by atoms with Crippen molar-refractivity contribution >= 4 is 34.3 Å². The zero-order valence-corrected chi connectivity index (χ0v) is 18.7. The third-order valence-electron chi connectivity index (χ3n) is 5.47. The van der Waals surface area contributed by atoms with E-state index >= 15 is 0 Å². The van der Waals surface area contributed by atoms with Crippen molar-refractivity contribution in [2.75, 3.05) is 16.4 Å². The highest BCUT2D eigenvalue weighted by molar-refractivity contribution is 6.01. The normalized spacial score (nSPS) is 10.7. The molecule has 2 amide bonds. The van der Waals surface area contributed by atoms with Crippen LogP contribution in [-0.4, -0.2) is 20.6 Å². The Balaban J connectivity index is 1.51. The Kier molecular flexibility index (Phi) is 5.92. The van der Waals surface area contributed by atoms with Crippen molar-refractivity contribution in [2.45, 2.75) is 6.42 Å². The number of fused-ring (bicyclic) bond motifs is 1. The number of aromatic nitrogens is 3. The van der Waals surface area contributed by atoms with Crippen LogP contribution < -0.4 is 21.9 Å². The maximum atomic E-state index is 13.5. The summed E-state index contributed by atoms with van der Waals surface area (Å²) in [7, 11) is 0. The molecule has 2 aromatic heterocycles. The Morgan fingerprint density at radius 2 is 1.69 bits per heavy atom. The molecule has 0 aliphatic carbocycles. The molecule has 172 valence electrons. The zero-order valence-electron chi connectivity index (χ0n) is 18.7. The first kappa shape index (κ1) is 21.8. The third kappa shape index (κ3) is 4.72. The van der Waals surface area contributed by atoms with Crippen LogP contribution in [0.1, 0.15) is 11.3 Å². The highest BCUT2D eigenvalue weighted by Gasteiger charge is 2.15. The van der Waals surface area contributed by atoms with E-state index in [1.165, 1.54) is 4.57 Å². The summed E-state index contributed by atoms with van der Waals surface area (Å²) in [6, 6.07) is 26.9.